The minimum Gasteiger partial charge on any atom is -0.386 e. The van der Waals surface area contributed by atoms with Crippen molar-refractivity contribution in [3.05, 3.63) is 47.9 Å². The Labute approximate surface area is 151 Å². The minimum atomic E-state index is -0.588. The van der Waals surface area contributed by atoms with Crippen LogP contribution in [-0.2, 0) is 4.74 Å². The van der Waals surface area contributed by atoms with Crippen molar-refractivity contribution in [1.82, 2.24) is 20.2 Å². The van der Waals surface area contributed by atoms with E-state index in [0.717, 1.165) is 41.7 Å². The van der Waals surface area contributed by atoms with Crippen molar-refractivity contribution in [3.63, 3.8) is 0 Å². The number of fused-ring (bicyclic) bond motifs is 1. The fourth-order valence-corrected chi connectivity index (χ4v) is 3.41. The van der Waals surface area contributed by atoms with Gasteiger partial charge in [0.05, 0.1) is 24.3 Å². The number of aromatic nitrogens is 4. The van der Waals surface area contributed by atoms with Gasteiger partial charge in [-0.25, -0.2) is 9.97 Å². The summed E-state index contributed by atoms with van der Waals surface area (Å²) in [5, 5.41) is 21.5. The van der Waals surface area contributed by atoms with E-state index in [9.17, 15) is 5.11 Å². The summed E-state index contributed by atoms with van der Waals surface area (Å²) < 4.78 is 5.95. The first-order valence-electron chi connectivity index (χ1n) is 8.96. The van der Waals surface area contributed by atoms with E-state index < -0.39 is 6.10 Å². The van der Waals surface area contributed by atoms with Gasteiger partial charge in [0.15, 0.2) is 5.65 Å². The van der Waals surface area contributed by atoms with Crippen LogP contribution in [-0.4, -0.2) is 44.0 Å². The van der Waals surface area contributed by atoms with Gasteiger partial charge in [0.1, 0.15) is 18.2 Å². The van der Waals surface area contributed by atoms with Gasteiger partial charge in [-0.05, 0) is 31.7 Å². The van der Waals surface area contributed by atoms with Crippen molar-refractivity contribution in [2.75, 3.05) is 11.9 Å². The second-order valence-electron chi connectivity index (χ2n) is 6.89. The number of hydrogen-bond donors (Lipinski definition) is 3. The molecule has 2 heterocycles. The molecule has 26 heavy (non-hydrogen) atoms. The molecule has 0 saturated heterocycles. The van der Waals surface area contributed by atoms with E-state index in [1.807, 2.05) is 31.2 Å². The van der Waals surface area contributed by atoms with E-state index in [-0.39, 0.29) is 6.10 Å². The molecule has 0 spiro atoms. The summed E-state index contributed by atoms with van der Waals surface area (Å²) in [6.45, 7) is 2.35. The Kier molecular flexibility index (Phi) is 4.81. The predicted octanol–water partition coefficient (Wildman–Crippen LogP) is 2.74. The highest BCUT2D eigenvalue weighted by Gasteiger charge is 2.26. The van der Waals surface area contributed by atoms with Gasteiger partial charge in [-0.2, -0.15) is 5.10 Å². The van der Waals surface area contributed by atoms with Gasteiger partial charge in [-0.15, -0.1) is 0 Å². The first-order valence-corrected chi connectivity index (χ1v) is 8.96. The second-order valence-corrected chi connectivity index (χ2v) is 6.89. The van der Waals surface area contributed by atoms with Crippen LogP contribution >= 0.6 is 0 Å². The van der Waals surface area contributed by atoms with Crippen LogP contribution < -0.4 is 5.32 Å². The Balaban J connectivity index is 1.30. The number of anilines is 1. The molecule has 7 heteroatoms. The number of H-pyrrole nitrogens is 1. The Hall–Kier alpha value is -2.51. The summed E-state index contributed by atoms with van der Waals surface area (Å²) in [6.07, 6.45) is 5.70. The van der Waals surface area contributed by atoms with Crippen LogP contribution in [0.2, 0.25) is 0 Å². The Morgan fingerprint density at radius 2 is 2.12 bits per heavy atom. The lowest BCUT2D eigenvalue weighted by Crippen LogP contribution is -2.20. The third-order valence-electron chi connectivity index (χ3n) is 4.93. The number of hydrogen-bond acceptors (Lipinski definition) is 6. The smallest absolute Gasteiger partial charge is 0.160 e. The molecule has 4 rings (SSSR count). The summed E-state index contributed by atoms with van der Waals surface area (Å²) >= 11 is 0. The number of aliphatic hydroxyl groups is 1. The van der Waals surface area contributed by atoms with Gasteiger partial charge >= 0.3 is 0 Å². The molecule has 2 aromatic heterocycles. The van der Waals surface area contributed by atoms with Gasteiger partial charge in [-0.1, -0.05) is 29.8 Å². The summed E-state index contributed by atoms with van der Waals surface area (Å²) in [6, 6.07) is 8.21. The topological polar surface area (TPSA) is 96.0 Å². The first kappa shape index (κ1) is 16.9. The number of nitrogens with one attached hydrogen (secondary N) is 2. The van der Waals surface area contributed by atoms with Crippen molar-refractivity contribution in [2.45, 2.75) is 44.4 Å². The molecule has 1 saturated carbocycles. The van der Waals surface area contributed by atoms with E-state index in [1.54, 1.807) is 6.20 Å². The third-order valence-corrected chi connectivity index (χ3v) is 4.93. The molecule has 0 radical (unpaired) electrons. The Morgan fingerprint density at radius 1 is 1.27 bits per heavy atom. The maximum atomic E-state index is 10.3. The molecule has 1 aliphatic carbocycles. The van der Waals surface area contributed by atoms with Crippen molar-refractivity contribution in [3.8, 4) is 0 Å². The summed E-state index contributed by atoms with van der Waals surface area (Å²) in [5.74, 6) is 0.800. The molecule has 3 atom stereocenters. The lowest BCUT2D eigenvalue weighted by atomic mass is 10.1. The van der Waals surface area contributed by atoms with Gasteiger partial charge in [0.2, 0.25) is 0 Å². The standard InChI is InChI=1S/C19H23N5O2/c1-12-2-4-13(5-3-12)17(25)10-26-15-7-6-14(8-15)23-18-16-9-22-24-19(16)21-11-20-18/h2-5,9,11,14-15,17,25H,6-8,10H2,1H3,(H2,20,21,22,23,24)/t14-,15-,17+/m0/s1. The van der Waals surface area contributed by atoms with E-state index in [4.69, 9.17) is 4.74 Å². The monoisotopic (exact) mass is 353 g/mol. The molecule has 1 aromatic carbocycles. The third kappa shape index (κ3) is 3.68. The Bertz CT molecular complexity index is 864. The van der Waals surface area contributed by atoms with Crippen LogP contribution in [0.4, 0.5) is 5.82 Å². The largest absolute Gasteiger partial charge is 0.386 e. The summed E-state index contributed by atoms with van der Waals surface area (Å²) in [4.78, 5) is 8.48. The van der Waals surface area contributed by atoms with Gasteiger partial charge in [0.25, 0.3) is 0 Å². The number of rotatable bonds is 6. The molecule has 0 bridgehead atoms. The quantitative estimate of drug-likeness (QED) is 0.631. The fraction of sp³-hybridized carbons (Fsp3) is 0.421. The summed E-state index contributed by atoms with van der Waals surface area (Å²) in [5.41, 5.74) is 2.81. The normalized spacial score (nSPS) is 21.2. The number of nitrogens with zero attached hydrogens (tertiary/aromatic N) is 3. The van der Waals surface area contributed by atoms with E-state index in [1.165, 1.54) is 11.9 Å². The average molecular weight is 353 g/mol. The van der Waals surface area contributed by atoms with E-state index >= 15 is 0 Å². The van der Waals surface area contributed by atoms with Crippen LogP contribution in [0.3, 0.4) is 0 Å². The zero-order valence-electron chi connectivity index (χ0n) is 14.7. The van der Waals surface area contributed by atoms with Crippen LogP contribution in [0.1, 0.15) is 36.5 Å². The molecular formula is C19H23N5O2. The molecule has 0 unspecified atom stereocenters. The van der Waals surface area contributed by atoms with Crippen molar-refractivity contribution in [2.24, 2.45) is 0 Å². The zero-order chi connectivity index (χ0) is 17.9. The Morgan fingerprint density at radius 3 is 2.96 bits per heavy atom. The van der Waals surface area contributed by atoms with Crippen LogP contribution in [0.25, 0.3) is 11.0 Å². The molecule has 3 aromatic rings. The zero-order valence-corrected chi connectivity index (χ0v) is 14.7. The fourth-order valence-electron chi connectivity index (χ4n) is 3.41. The van der Waals surface area contributed by atoms with E-state index in [0.29, 0.717) is 12.6 Å². The minimum absolute atomic E-state index is 0.147. The highest BCUT2D eigenvalue weighted by molar-refractivity contribution is 5.85. The highest BCUT2D eigenvalue weighted by Crippen LogP contribution is 2.27. The number of aliphatic hydroxyl groups excluding tert-OH is 1. The summed E-state index contributed by atoms with van der Waals surface area (Å²) in [7, 11) is 0. The maximum absolute atomic E-state index is 10.3. The molecule has 136 valence electrons. The van der Waals surface area contributed by atoms with Gasteiger partial charge in [-0.3, -0.25) is 5.10 Å². The lowest BCUT2D eigenvalue weighted by Gasteiger charge is -2.17. The number of aryl methyl sites for hydroxylation is 1. The van der Waals surface area contributed by atoms with Gasteiger partial charge < -0.3 is 15.2 Å². The highest BCUT2D eigenvalue weighted by atomic mass is 16.5. The van der Waals surface area contributed by atoms with Crippen molar-refractivity contribution < 1.29 is 9.84 Å². The second kappa shape index (κ2) is 7.39. The first-order chi connectivity index (χ1) is 12.7. The molecule has 1 fully saturated rings. The van der Waals surface area contributed by atoms with Crippen LogP contribution in [0.5, 0.6) is 0 Å². The molecule has 0 aliphatic heterocycles. The van der Waals surface area contributed by atoms with Crippen LogP contribution in [0, 0.1) is 6.92 Å². The van der Waals surface area contributed by atoms with Crippen LogP contribution in [0.15, 0.2) is 36.8 Å². The molecule has 0 amide bonds. The lowest BCUT2D eigenvalue weighted by molar-refractivity contribution is -0.00729. The van der Waals surface area contributed by atoms with Gasteiger partial charge in [0, 0.05) is 6.04 Å². The molecule has 3 N–H and O–H groups in total. The number of benzene rings is 1. The SMILES string of the molecule is Cc1ccc([C@H](O)CO[C@H]2CC[C@H](Nc3ncnc4[nH]ncc34)C2)cc1. The molecule has 1 aliphatic rings. The van der Waals surface area contributed by atoms with E-state index in [2.05, 4.69) is 25.5 Å². The number of aromatic amines is 1. The predicted molar refractivity (Wildman–Crippen MR) is 98.8 cm³/mol. The number of ether oxygens (including phenoxy) is 1. The van der Waals surface area contributed by atoms with Crippen molar-refractivity contribution in [1.29, 1.82) is 0 Å². The maximum Gasteiger partial charge on any atom is 0.160 e. The van der Waals surface area contributed by atoms with Crippen molar-refractivity contribution >= 4 is 16.9 Å². The molecule has 7 nitrogen and oxygen atoms in total. The average Bonchev–Trinajstić information content (AvgIpc) is 3.30. The molecular weight excluding hydrogens is 330 g/mol.